The molecule has 3 saturated heterocycles. The van der Waals surface area contributed by atoms with Crippen molar-refractivity contribution >= 4 is 59.3 Å². The number of unbranched alkanes of at least 4 members (excludes halogenated alkanes) is 1. The summed E-state index contributed by atoms with van der Waals surface area (Å²) in [5, 5.41) is 111. The van der Waals surface area contributed by atoms with Crippen LogP contribution in [0.15, 0.2) is 72.8 Å². The Morgan fingerprint density at radius 2 is 0.843 bits per heavy atom. The fourth-order valence-electron chi connectivity index (χ4n) is 14.5. The Morgan fingerprint density at radius 3 is 1.24 bits per heavy atom. The van der Waals surface area contributed by atoms with Crippen LogP contribution in [0.25, 0.3) is 34.2 Å². The first-order valence-electron chi connectivity index (χ1n) is 39.1. The maximum atomic E-state index is 14.7. The molecular weight excluding hydrogens is 1490 g/mol. The Kier molecular flexibility index (Phi) is 31.9. The lowest BCUT2D eigenvalue weighted by atomic mass is 9.98. The SMILES string of the molecule is CCNC(=O)c1nnc(-c2cc(C(C)C)c(O)cc2O)n1-c1ccc(CN2CCN(C(=O)CCC(=O)N[C@@H](CCCCNC(=O)CC[C@H](C(=O)O)N3CCN(CC(=O)O)CCN(CC(=O)O)CCN(CC(=O)O)CC3)C(=O)N3CCN(Cc4ccc(-n5c(C(=O)NCC)nnc5-c5cc(C(C)C)c(O)cc5O)cc4)CC3)CC2)cc1. The number of carbonyl (C=O) groups is 10. The van der Waals surface area contributed by atoms with Crippen LogP contribution in [-0.4, -0.2) is 325 Å². The van der Waals surface area contributed by atoms with Gasteiger partial charge in [-0.15, -0.1) is 20.4 Å². The van der Waals surface area contributed by atoms with Crippen LogP contribution in [0.2, 0.25) is 0 Å². The van der Waals surface area contributed by atoms with E-state index in [1.54, 1.807) is 64.5 Å². The molecule has 2 atom stereocenters. The van der Waals surface area contributed by atoms with Crippen molar-refractivity contribution in [3.63, 3.8) is 0 Å². The van der Waals surface area contributed by atoms with Crippen LogP contribution in [0, 0.1) is 0 Å². The van der Waals surface area contributed by atoms with Gasteiger partial charge in [-0.1, -0.05) is 52.0 Å². The van der Waals surface area contributed by atoms with Gasteiger partial charge in [0.25, 0.3) is 11.8 Å². The number of nitrogens with one attached hydrogen (secondary N) is 4. The predicted octanol–water partition coefficient (Wildman–Crippen LogP) is 3.00. The molecule has 115 heavy (non-hydrogen) atoms. The monoisotopic (exact) mass is 1600 g/mol. The van der Waals surface area contributed by atoms with Gasteiger partial charge in [-0.25, -0.2) is 0 Å². The average Bonchev–Trinajstić information content (AvgIpc) is 1.65. The Morgan fingerprint density at radius 1 is 0.435 bits per heavy atom. The number of rotatable bonds is 35. The number of amides is 6. The molecule has 0 aliphatic carbocycles. The molecular formula is C79H108N18O18. The van der Waals surface area contributed by atoms with Crippen LogP contribution < -0.4 is 21.3 Å². The minimum Gasteiger partial charge on any atom is -0.508 e. The Hall–Kier alpha value is -11.2. The van der Waals surface area contributed by atoms with Crippen molar-refractivity contribution in [1.29, 1.82) is 0 Å². The van der Waals surface area contributed by atoms with Crippen molar-refractivity contribution < 1.29 is 88.8 Å². The molecule has 4 aromatic carbocycles. The van der Waals surface area contributed by atoms with Crippen molar-refractivity contribution in [1.82, 2.24) is 90.0 Å². The van der Waals surface area contributed by atoms with Crippen LogP contribution in [0.3, 0.4) is 0 Å². The number of carboxylic acids is 4. The molecule has 0 bridgehead atoms. The van der Waals surface area contributed by atoms with E-state index in [-0.39, 0.29) is 179 Å². The number of carboxylic acid groups (broad SMARTS) is 4. The zero-order valence-electron chi connectivity index (χ0n) is 66.1. The lowest BCUT2D eigenvalue weighted by Gasteiger charge is -2.36. The van der Waals surface area contributed by atoms with Crippen LogP contribution in [0.1, 0.15) is 142 Å². The number of piperazine rings is 2. The van der Waals surface area contributed by atoms with Gasteiger partial charge in [-0.05, 0) is 110 Å². The number of hydrogen-bond acceptors (Lipinski definition) is 24. The summed E-state index contributed by atoms with van der Waals surface area (Å²) in [4.78, 5) is 145. The Labute approximate surface area is 666 Å². The molecule has 0 saturated carbocycles. The minimum absolute atomic E-state index is 0.000733. The second kappa shape index (κ2) is 41.7. The molecule has 36 heteroatoms. The summed E-state index contributed by atoms with van der Waals surface area (Å²) in [6.07, 6.45) is 0.174. The van der Waals surface area contributed by atoms with Crippen molar-refractivity contribution in [3.05, 3.63) is 107 Å². The molecule has 12 N–H and O–H groups in total. The van der Waals surface area contributed by atoms with Crippen LogP contribution in [0.5, 0.6) is 23.0 Å². The number of nitrogens with zero attached hydrogens (tertiary/aromatic N) is 14. The van der Waals surface area contributed by atoms with E-state index < -0.39 is 72.7 Å². The van der Waals surface area contributed by atoms with Crippen molar-refractivity contribution in [3.8, 4) is 57.1 Å². The first-order valence-corrected chi connectivity index (χ1v) is 39.1. The van der Waals surface area contributed by atoms with Crippen LogP contribution in [0.4, 0.5) is 0 Å². The average molecular weight is 1600 g/mol. The lowest BCUT2D eigenvalue weighted by molar-refractivity contribution is -0.145. The number of aromatic hydroxyl groups is 4. The van der Waals surface area contributed by atoms with E-state index in [0.29, 0.717) is 114 Å². The molecule has 0 spiro atoms. The molecule has 0 unspecified atom stereocenters. The summed E-state index contributed by atoms with van der Waals surface area (Å²) < 4.78 is 3.11. The number of hydrogen-bond donors (Lipinski definition) is 12. The first kappa shape index (κ1) is 87.8. The smallest absolute Gasteiger partial charge is 0.320 e. The highest BCUT2D eigenvalue weighted by Crippen LogP contribution is 2.40. The van der Waals surface area contributed by atoms with Gasteiger partial charge < -0.3 is 71.9 Å². The highest BCUT2D eigenvalue weighted by Gasteiger charge is 2.34. The molecule has 3 aliphatic heterocycles. The number of benzene rings is 4. The standard InChI is InChI=1S/C79H108N18O18/c1-7-80-76(111)74-86-84-72(58-41-56(50(3)4)62(98)43-64(58)100)96(74)54-16-12-52(13-17-54)45-88-31-37-94(38-32-88)68(104)23-22-67(103)83-60(11-9-10-24-82-66(102)21-20-61(79(114)115)93-35-29-91(48-70(107)108)27-25-90(47-69(105)106)26-28-92(30-36-93)49-71(109)110)78(113)95-39-33-89(34-40-95)46-53-14-18-55(19-15-53)97-73(85-87-75(97)77(112)81-8-2)59-42-57(51(5)6)63(99)44-65(59)101/h12-19,41-44,50-51,60-61,98-101H,7-11,20-40,45-49H2,1-6H3,(H,80,111)(H,81,112)(H,82,102)(H,83,103)(H,105,106)(H,107,108)(H,109,110)(H,114,115)/t60-,61+/m0/s1. The number of carbonyl (C=O) groups excluding carboxylic acids is 6. The molecule has 36 nitrogen and oxygen atoms in total. The van der Waals surface area contributed by atoms with Crippen molar-refractivity contribution in [2.24, 2.45) is 0 Å². The predicted molar refractivity (Wildman–Crippen MR) is 421 cm³/mol. The number of phenols is 4. The fraction of sp³-hybridized carbons (Fsp3) is 0.519. The molecule has 3 aliphatic rings. The summed E-state index contributed by atoms with van der Waals surface area (Å²) in [6, 6.07) is 18.4. The van der Waals surface area contributed by atoms with Crippen LogP contribution in [-0.2, 0) is 51.4 Å². The van der Waals surface area contributed by atoms with E-state index >= 15 is 0 Å². The third kappa shape index (κ3) is 24.4. The Balaban J connectivity index is 0.818. The number of aliphatic carboxylic acids is 4. The van der Waals surface area contributed by atoms with Gasteiger partial charge in [0, 0.05) is 180 Å². The highest BCUT2D eigenvalue weighted by atomic mass is 16.4. The van der Waals surface area contributed by atoms with Gasteiger partial charge in [0.05, 0.1) is 30.8 Å². The first-order chi connectivity index (χ1) is 55.0. The normalized spacial score (nSPS) is 16.0. The van der Waals surface area contributed by atoms with Crippen molar-refractivity contribution in [2.45, 2.75) is 123 Å². The van der Waals surface area contributed by atoms with E-state index in [4.69, 9.17) is 0 Å². The van der Waals surface area contributed by atoms with Crippen molar-refractivity contribution in [2.75, 3.05) is 144 Å². The second-order valence-electron chi connectivity index (χ2n) is 29.7. The van der Waals surface area contributed by atoms with Gasteiger partial charge in [0.2, 0.25) is 35.3 Å². The number of phenolic OH excluding ortho intramolecular Hbond substituents is 4. The molecule has 3 fully saturated rings. The van der Waals surface area contributed by atoms with E-state index in [0.717, 1.165) is 11.1 Å². The molecule has 6 aromatic rings. The summed E-state index contributed by atoms with van der Waals surface area (Å²) in [6.45, 7) is 16.0. The van der Waals surface area contributed by atoms with Gasteiger partial charge in [0.1, 0.15) is 35.1 Å². The highest BCUT2D eigenvalue weighted by molar-refractivity contribution is 5.93. The third-order valence-electron chi connectivity index (χ3n) is 20.8. The second-order valence-corrected chi connectivity index (χ2v) is 29.7. The minimum atomic E-state index is -1.24. The molecule has 5 heterocycles. The van der Waals surface area contributed by atoms with Gasteiger partial charge in [-0.3, -0.25) is 86.5 Å². The van der Waals surface area contributed by atoms with E-state index in [1.807, 2.05) is 76.2 Å². The third-order valence-corrected chi connectivity index (χ3v) is 20.8. The van der Waals surface area contributed by atoms with E-state index in [9.17, 15) is 88.8 Å². The fourth-order valence-corrected chi connectivity index (χ4v) is 14.5. The van der Waals surface area contributed by atoms with Gasteiger partial charge >= 0.3 is 23.9 Å². The van der Waals surface area contributed by atoms with Gasteiger partial charge in [-0.2, -0.15) is 0 Å². The summed E-state index contributed by atoms with van der Waals surface area (Å²) in [5.74, 6) is -7.60. The maximum absolute atomic E-state index is 14.7. The Bertz CT molecular complexity index is 4350. The quantitative estimate of drug-likeness (QED) is 0.0254. The molecule has 622 valence electrons. The molecule has 9 rings (SSSR count). The maximum Gasteiger partial charge on any atom is 0.320 e. The summed E-state index contributed by atoms with van der Waals surface area (Å²) in [7, 11) is 0. The van der Waals surface area contributed by atoms with E-state index in [2.05, 4.69) is 51.5 Å². The lowest BCUT2D eigenvalue weighted by Crippen LogP contribution is -2.54. The molecule has 6 amide bonds. The molecule has 2 aromatic heterocycles. The van der Waals surface area contributed by atoms with Crippen LogP contribution >= 0.6 is 0 Å². The topological polar surface area (TPSA) is 468 Å². The largest absolute Gasteiger partial charge is 0.508 e. The van der Waals surface area contributed by atoms with Gasteiger partial charge in [0.15, 0.2) is 11.6 Å². The zero-order valence-corrected chi connectivity index (χ0v) is 66.1. The molecule has 0 radical (unpaired) electrons. The number of aromatic nitrogens is 6. The zero-order chi connectivity index (χ0) is 83.2. The van der Waals surface area contributed by atoms with E-state index in [1.165, 1.54) is 12.1 Å². The summed E-state index contributed by atoms with van der Waals surface area (Å²) >= 11 is 0. The summed E-state index contributed by atoms with van der Waals surface area (Å²) in [5.41, 5.74) is 4.62.